The Bertz CT molecular complexity index is 1070. The molecular formula is C27H28Cl2N2O2S. The Labute approximate surface area is 215 Å². The van der Waals surface area contributed by atoms with Gasteiger partial charge in [-0.1, -0.05) is 65.7 Å². The highest BCUT2D eigenvalue weighted by atomic mass is 35.5. The average molecular weight is 516 g/mol. The molecule has 0 aliphatic rings. The van der Waals surface area contributed by atoms with Crippen molar-refractivity contribution in [2.24, 2.45) is 0 Å². The van der Waals surface area contributed by atoms with E-state index in [1.54, 1.807) is 29.2 Å². The van der Waals surface area contributed by atoms with Crippen LogP contribution >= 0.6 is 35.0 Å². The maximum absolute atomic E-state index is 13.5. The lowest BCUT2D eigenvalue weighted by Gasteiger charge is -2.32. The first kappa shape index (κ1) is 26.1. The van der Waals surface area contributed by atoms with E-state index in [2.05, 4.69) is 5.32 Å². The minimum absolute atomic E-state index is 0.0401. The number of amides is 2. The number of hydrogen-bond acceptors (Lipinski definition) is 3. The van der Waals surface area contributed by atoms with E-state index in [0.29, 0.717) is 23.0 Å². The van der Waals surface area contributed by atoms with Crippen molar-refractivity contribution in [2.45, 2.75) is 43.8 Å². The number of nitrogens with zero attached hydrogens (tertiary/aromatic N) is 1. The quantitative estimate of drug-likeness (QED) is 0.325. The minimum Gasteiger partial charge on any atom is -0.352 e. The van der Waals surface area contributed by atoms with Crippen LogP contribution in [0.5, 0.6) is 0 Å². The zero-order chi connectivity index (χ0) is 24.5. The third kappa shape index (κ3) is 8.08. The van der Waals surface area contributed by atoms with Crippen molar-refractivity contribution in [1.82, 2.24) is 10.2 Å². The van der Waals surface area contributed by atoms with Crippen LogP contribution in [0, 0.1) is 0 Å². The number of halogens is 2. The molecule has 4 nitrogen and oxygen atoms in total. The smallest absolute Gasteiger partial charge is 0.243 e. The first-order chi connectivity index (χ1) is 16.3. The van der Waals surface area contributed by atoms with E-state index in [4.69, 9.17) is 23.2 Å². The van der Waals surface area contributed by atoms with Crippen LogP contribution in [0.3, 0.4) is 0 Å². The molecule has 0 aliphatic heterocycles. The molecule has 0 saturated heterocycles. The number of carbonyl (C=O) groups is 2. The molecule has 0 bridgehead atoms. The van der Waals surface area contributed by atoms with Gasteiger partial charge in [0, 0.05) is 33.9 Å². The van der Waals surface area contributed by atoms with E-state index < -0.39 is 6.04 Å². The molecule has 0 radical (unpaired) electrons. The molecule has 0 aromatic heterocycles. The maximum Gasteiger partial charge on any atom is 0.243 e. The van der Waals surface area contributed by atoms with Gasteiger partial charge >= 0.3 is 0 Å². The van der Waals surface area contributed by atoms with Gasteiger partial charge in [0.2, 0.25) is 11.8 Å². The summed E-state index contributed by atoms with van der Waals surface area (Å²) in [5.74, 6) is -0.0810. The van der Waals surface area contributed by atoms with E-state index in [9.17, 15) is 9.59 Å². The third-order valence-corrected chi connectivity index (χ3v) is 6.64. The van der Waals surface area contributed by atoms with Gasteiger partial charge in [-0.25, -0.2) is 0 Å². The lowest BCUT2D eigenvalue weighted by molar-refractivity contribution is -0.139. The zero-order valence-electron chi connectivity index (χ0n) is 19.2. The molecule has 0 spiro atoms. The number of hydrogen-bond donors (Lipinski definition) is 1. The Kier molecular flexibility index (Phi) is 9.87. The zero-order valence-corrected chi connectivity index (χ0v) is 21.5. The molecule has 7 heteroatoms. The SMILES string of the molecule is CC(C)NC(=O)[C@H](Cc1ccccc1)N(Cc1ccc(Cl)cc1)C(=O)CSc1ccc(Cl)cc1. The second kappa shape index (κ2) is 12.8. The van der Waals surface area contributed by atoms with Gasteiger partial charge in [-0.2, -0.15) is 0 Å². The standard InChI is InChI=1S/C27H28Cl2N2O2S/c1-19(2)30-27(33)25(16-20-6-4-3-5-7-20)31(17-21-8-10-22(28)11-9-21)26(32)18-34-24-14-12-23(29)13-15-24/h3-15,19,25H,16-18H2,1-2H3,(H,30,33)/t25-/m0/s1. The second-order valence-corrected chi connectivity index (χ2v) is 10.2. The second-order valence-electron chi connectivity index (χ2n) is 8.26. The van der Waals surface area contributed by atoms with Gasteiger partial charge in [0.1, 0.15) is 6.04 Å². The molecule has 3 aromatic carbocycles. The summed E-state index contributed by atoms with van der Waals surface area (Å²) in [5, 5.41) is 4.27. The average Bonchev–Trinajstić information content (AvgIpc) is 2.82. The summed E-state index contributed by atoms with van der Waals surface area (Å²) in [6.45, 7) is 4.14. The number of thioether (sulfide) groups is 1. The minimum atomic E-state index is -0.654. The first-order valence-electron chi connectivity index (χ1n) is 11.1. The monoisotopic (exact) mass is 514 g/mol. The molecular weight excluding hydrogens is 487 g/mol. The third-order valence-electron chi connectivity index (χ3n) is 5.14. The normalized spacial score (nSPS) is 11.8. The summed E-state index contributed by atoms with van der Waals surface area (Å²) in [5.41, 5.74) is 1.90. The largest absolute Gasteiger partial charge is 0.352 e. The van der Waals surface area contributed by atoms with Crippen molar-refractivity contribution in [3.63, 3.8) is 0 Å². The highest BCUT2D eigenvalue weighted by Crippen LogP contribution is 2.23. The van der Waals surface area contributed by atoms with Crippen LogP contribution in [-0.4, -0.2) is 34.6 Å². The van der Waals surface area contributed by atoms with Crippen LogP contribution in [0.25, 0.3) is 0 Å². The highest BCUT2D eigenvalue weighted by Gasteiger charge is 2.30. The van der Waals surface area contributed by atoms with Gasteiger partial charge < -0.3 is 10.2 Å². The lowest BCUT2D eigenvalue weighted by Crippen LogP contribution is -2.52. The van der Waals surface area contributed by atoms with Crippen LogP contribution in [-0.2, 0) is 22.6 Å². The van der Waals surface area contributed by atoms with E-state index in [0.717, 1.165) is 16.0 Å². The predicted molar refractivity (Wildman–Crippen MR) is 141 cm³/mol. The van der Waals surface area contributed by atoms with E-state index in [1.165, 1.54) is 11.8 Å². The molecule has 0 unspecified atom stereocenters. The number of nitrogens with one attached hydrogen (secondary N) is 1. The van der Waals surface area contributed by atoms with Gasteiger partial charge in [-0.3, -0.25) is 9.59 Å². The molecule has 3 aromatic rings. The fourth-order valence-electron chi connectivity index (χ4n) is 3.48. The summed E-state index contributed by atoms with van der Waals surface area (Å²) in [6.07, 6.45) is 0.421. The fraction of sp³-hybridized carbons (Fsp3) is 0.259. The highest BCUT2D eigenvalue weighted by molar-refractivity contribution is 8.00. The van der Waals surface area contributed by atoms with Crippen LogP contribution in [0.1, 0.15) is 25.0 Å². The van der Waals surface area contributed by atoms with E-state index >= 15 is 0 Å². The first-order valence-corrected chi connectivity index (χ1v) is 12.8. The van der Waals surface area contributed by atoms with Crippen LogP contribution in [0.2, 0.25) is 10.0 Å². The molecule has 3 rings (SSSR count). The van der Waals surface area contributed by atoms with Crippen LogP contribution in [0.15, 0.2) is 83.8 Å². The van der Waals surface area contributed by atoms with Gasteiger partial charge in [0.15, 0.2) is 0 Å². The summed E-state index contributed by atoms with van der Waals surface area (Å²) in [7, 11) is 0. The Balaban J connectivity index is 1.89. The van der Waals surface area contributed by atoms with Gasteiger partial charge in [-0.15, -0.1) is 11.8 Å². The molecule has 1 atom stereocenters. The van der Waals surface area contributed by atoms with Gasteiger partial charge in [0.25, 0.3) is 0 Å². The van der Waals surface area contributed by atoms with Crippen molar-refractivity contribution in [1.29, 1.82) is 0 Å². The summed E-state index contributed by atoms with van der Waals surface area (Å²) in [6, 6.07) is 23.8. The molecule has 178 valence electrons. The van der Waals surface area contributed by atoms with Crippen molar-refractivity contribution < 1.29 is 9.59 Å². The number of rotatable bonds is 10. The van der Waals surface area contributed by atoms with E-state index in [-0.39, 0.29) is 23.6 Å². The maximum atomic E-state index is 13.5. The Morgan fingerprint density at radius 1 is 0.853 bits per heavy atom. The molecule has 0 heterocycles. The molecule has 0 aliphatic carbocycles. The van der Waals surface area contributed by atoms with Crippen LogP contribution in [0.4, 0.5) is 0 Å². The molecule has 0 saturated carbocycles. The van der Waals surface area contributed by atoms with Crippen molar-refractivity contribution in [3.8, 4) is 0 Å². The summed E-state index contributed by atoms with van der Waals surface area (Å²) in [4.78, 5) is 29.5. The van der Waals surface area contributed by atoms with Crippen LogP contribution < -0.4 is 5.32 Å². The van der Waals surface area contributed by atoms with Gasteiger partial charge in [-0.05, 0) is 61.4 Å². The van der Waals surface area contributed by atoms with Crippen molar-refractivity contribution in [3.05, 3.63) is 100 Å². The predicted octanol–water partition coefficient (Wildman–Crippen LogP) is 6.25. The Hall–Kier alpha value is -2.47. The van der Waals surface area contributed by atoms with Crippen molar-refractivity contribution in [2.75, 3.05) is 5.75 Å². The van der Waals surface area contributed by atoms with Crippen molar-refractivity contribution >= 4 is 46.8 Å². The Morgan fingerprint density at radius 2 is 1.44 bits per heavy atom. The number of benzene rings is 3. The molecule has 1 N–H and O–H groups in total. The lowest BCUT2D eigenvalue weighted by atomic mass is 10.0. The molecule has 34 heavy (non-hydrogen) atoms. The fourth-order valence-corrected chi connectivity index (χ4v) is 4.52. The summed E-state index contributed by atoms with van der Waals surface area (Å²) < 4.78 is 0. The number of carbonyl (C=O) groups excluding carboxylic acids is 2. The summed E-state index contributed by atoms with van der Waals surface area (Å²) >= 11 is 13.5. The molecule has 2 amide bonds. The van der Waals surface area contributed by atoms with E-state index in [1.807, 2.05) is 68.4 Å². The van der Waals surface area contributed by atoms with Gasteiger partial charge in [0.05, 0.1) is 5.75 Å². The topological polar surface area (TPSA) is 49.4 Å². The Morgan fingerprint density at radius 3 is 2.03 bits per heavy atom. The molecule has 0 fully saturated rings.